The quantitative estimate of drug-likeness (QED) is 0.647. The predicted octanol–water partition coefficient (Wildman–Crippen LogP) is 2.23. The second-order valence-corrected chi connectivity index (χ2v) is 9.62. The van der Waals surface area contributed by atoms with Crippen molar-refractivity contribution in [1.82, 2.24) is 9.62 Å². The third kappa shape index (κ3) is 5.40. The number of sulfonamides is 1. The van der Waals surface area contributed by atoms with Gasteiger partial charge in [0.1, 0.15) is 4.90 Å². The zero-order chi connectivity index (χ0) is 21.0. The molecule has 1 saturated carbocycles. The number of nitrogens with zero attached hydrogens (tertiary/aromatic N) is 1. The summed E-state index contributed by atoms with van der Waals surface area (Å²) < 4.78 is 37.2. The van der Waals surface area contributed by atoms with E-state index in [9.17, 15) is 18.0 Å². The monoisotopic (exact) mass is 464 g/mol. The van der Waals surface area contributed by atoms with Crippen LogP contribution in [-0.4, -0.2) is 63.6 Å². The van der Waals surface area contributed by atoms with Crippen molar-refractivity contribution in [1.29, 1.82) is 0 Å². The van der Waals surface area contributed by atoms with Crippen LogP contribution in [0.25, 0.3) is 0 Å². The number of carbonyl (C=O) groups excluding carboxylic acids is 2. The number of ether oxygens (including phenoxy) is 2. The summed E-state index contributed by atoms with van der Waals surface area (Å²) in [6.07, 6.45) is 3.94. The Morgan fingerprint density at radius 1 is 1.14 bits per heavy atom. The fourth-order valence-corrected chi connectivity index (χ4v) is 5.59. The number of hydrogen-bond donors (Lipinski definition) is 1. The number of esters is 1. The van der Waals surface area contributed by atoms with E-state index in [0.717, 1.165) is 31.7 Å². The molecular weight excluding hydrogens is 443 g/mol. The van der Waals surface area contributed by atoms with Crippen LogP contribution in [0.2, 0.25) is 10.0 Å². The SMILES string of the molecule is O=C(COC(=O)c1cc(S(=O)(=O)N2CCOCC2)c(Cl)cc1Cl)NC1CCCC1. The summed E-state index contributed by atoms with van der Waals surface area (Å²) in [6, 6.07) is 2.38. The largest absolute Gasteiger partial charge is 0.452 e. The molecule has 1 aromatic carbocycles. The third-order valence-corrected chi connectivity index (χ3v) is 7.56. The van der Waals surface area contributed by atoms with Crippen LogP contribution in [0.15, 0.2) is 17.0 Å². The Bertz CT molecular complexity index is 881. The molecule has 0 bridgehead atoms. The van der Waals surface area contributed by atoms with Crippen LogP contribution in [0.5, 0.6) is 0 Å². The Labute approximate surface area is 179 Å². The molecule has 2 aliphatic rings. The standard InChI is InChI=1S/C18H22Cl2N2O6S/c19-14-10-15(20)16(29(25,26)22-5-7-27-8-6-22)9-13(14)18(24)28-11-17(23)21-12-3-1-2-4-12/h9-10,12H,1-8,11H2,(H,21,23). The van der Waals surface area contributed by atoms with E-state index in [4.69, 9.17) is 32.7 Å². The van der Waals surface area contributed by atoms with Crippen molar-refractivity contribution in [3.05, 3.63) is 27.7 Å². The highest BCUT2D eigenvalue weighted by Crippen LogP contribution is 2.31. The lowest BCUT2D eigenvalue weighted by Gasteiger charge is -2.26. The van der Waals surface area contributed by atoms with E-state index in [2.05, 4.69) is 5.32 Å². The highest BCUT2D eigenvalue weighted by molar-refractivity contribution is 7.89. The fraction of sp³-hybridized carbons (Fsp3) is 0.556. The normalized spacial score (nSPS) is 18.6. The van der Waals surface area contributed by atoms with Gasteiger partial charge in [0.15, 0.2) is 6.61 Å². The predicted molar refractivity (Wildman–Crippen MR) is 107 cm³/mol. The molecule has 2 fully saturated rings. The highest BCUT2D eigenvalue weighted by atomic mass is 35.5. The molecule has 0 atom stereocenters. The Kier molecular flexibility index (Phi) is 7.39. The average Bonchev–Trinajstić information content (AvgIpc) is 3.19. The van der Waals surface area contributed by atoms with Gasteiger partial charge in [-0.25, -0.2) is 13.2 Å². The third-order valence-electron chi connectivity index (χ3n) is 4.88. The van der Waals surface area contributed by atoms with Crippen molar-refractivity contribution in [3.8, 4) is 0 Å². The van der Waals surface area contributed by atoms with Crippen LogP contribution in [0, 0.1) is 0 Å². The van der Waals surface area contributed by atoms with Crippen molar-refractivity contribution in [2.75, 3.05) is 32.9 Å². The Balaban J connectivity index is 1.72. The molecule has 0 unspecified atom stereocenters. The van der Waals surface area contributed by atoms with E-state index in [-0.39, 0.29) is 52.8 Å². The van der Waals surface area contributed by atoms with Gasteiger partial charge in [0.05, 0.1) is 28.8 Å². The summed E-state index contributed by atoms with van der Waals surface area (Å²) in [4.78, 5) is 24.1. The number of benzene rings is 1. The smallest absolute Gasteiger partial charge is 0.340 e. The van der Waals surface area contributed by atoms with Gasteiger partial charge < -0.3 is 14.8 Å². The molecule has 0 spiro atoms. The number of hydrogen-bond acceptors (Lipinski definition) is 6. The van der Waals surface area contributed by atoms with Gasteiger partial charge in [-0.05, 0) is 25.0 Å². The Morgan fingerprint density at radius 2 is 1.79 bits per heavy atom. The van der Waals surface area contributed by atoms with E-state index >= 15 is 0 Å². The van der Waals surface area contributed by atoms with Crippen LogP contribution in [0.4, 0.5) is 0 Å². The van der Waals surface area contributed by atoms with Gasteiger partial charge in [0, 0.05) is 19.1 Å². The lowest BCUT2D eigenvalue weighted by atomic mass is 10.2. The van der Waals surface area contributed by atoms with Crippen LogP contribution in [0.1, 0.15) is 36.0 Å². The van der Waals surface area contributed by atoms with Crippen LogP contribution < -0.4 is 5.32 Å². The van der Waals surface area contributed by atoms with Gasteiger partial charge in [-0.15, -0.1) is 0 Å². The second kappa shape index (κ2) is 9.61. The summed E-state index contributed by atoms with van der Waals surface area (Å²) in [6.45, 7) is 0.440. The van der Waals surface area contributed by atoms with Crippen molar-refractivity contribution >= 4 is 45.1 Å². The molecule has 29 heavy (non-hydrogen) atoms. The van der Waals surface area contributed by atoms with Gasteiger partial charge >= 0.3 is 5.97 Å². The summed E-state index contributed by atoms with van der Waals surface area (Å²) in [5.41, 5.74) is -0.170. The number of amides is 1. The lowest BCUT2D eigenvalue weighted by Crippen LogP contribution is -2.40. The molecule has 0 radical (unpaired) electrons. The van der Waals surface area contributed by atoms with E-state index < -0.39 is 28.5 Å². The summed E-state index contributed by atoms with van der Waals surface area (Å²) in [5.74, 6) is -1.30. The van der Waals surface area contributed by atoms with Crippen molar-refractivity contribution in [2.45, 2.75) is 36.6 Å². The molecule has 8 nitrogen and oxygen atoms in total. The molecule has 1 aromatic rings. The topological polar surface area (TPSA) is 102 Å². The van der Waals surface area contributed by atoms with E-state index in [1.54, 1.807) is 0 Å². The van der Waals surface area contributed by atoms with E-state index in [0.29, 0.717) is 0 Å². The number of rotatable bonds is 6. The lowest BCUT2D eigenvalue weighted by molar-refractivity contribution is -0.124. The summed E-state index contributed by atoms with van der Waals surface area (Å²) in [5, 5.41) is 2.65. The molecule has 1 heterocycles. The molecule has 1 N–H and O–H groups in total. The number of morpholine rings is 1. The first-order chi connectivity index (χ1) is 13.8. The summed E-state index contributed by atoms with van der Waals surface area (Å²) in [7, 11) is -3.94. The molecule has 3 rings (SSSR count). The molecule has 1 aliphatic heterocycles. The van der Waals surface area contributed by atoms with Crippen molar-refractivity contribution in [2.24, 2.45) is 0 Å². The summed E-state index contributed by atoms with van der Waals surface area (Å²) >= 11 is 12.2. The molecule has 1 aliphatic carbocycles. The van der Waals surface area contributed by atoms with Gasteiger partial charge in [-0.1, -0.05) is 36.0 Å². The fourth-order valence-electron chi connectivity index (χ4n) is 3.36. The minimum absolute atomic E-state index is 0.0582. The first kappa shape index (κ1) is 22.3. The minimum atomic E-state index is -3.94. The first-order valence-electron chi connectivity index (χ1n) is 9.32. The maximum atomic E-state index is 12.9. The van der Waals surface area contributed by atoms with Crippen molar-refractivity contribution in [3.63, 3.8) is 0 Å². The van der Waals surface area contributed by atoms with Gasteiger partial charge in [0.25, 0.3) is 5.91 Å². The average molecular weight is 465 g/mol. The second-order valence-electron chi connectivity index (χ2n) is 6.90. The van der Waals surface area contributed by atoms with Gasteiger partial charge in [-0.2, -0.15) is 4.31 Å². The zero-order valence-electron chi connectivity index (χ0n) is 15.7. The Morgan fingerprint density at radius 3 is 2.45 bits per heavy atom. The molecule has 1 amide bonds. The van der Waals surface area contributed by atoms with Crippen LogP contribution in [-0.2, 0) is 24.3 Å². The molecule has 0 aromatic heterocycles. The zero-order valence-corrected chi connectivity index (χ0v) is 18.0. The molecular formula is C18H22Cl2N2O6S. The number of nitrogens with one attached hydrogen (secondary N) is 1. The minimum Gasteiger partial charge on any atom is -0.452 e. The van der Waals surface area contributed by atoms with Crippen LogP contribution >= 0.6 is 23.2 Å². The van der Waals surface area contributed by atoms with Gasteiger partial charge in [-0.3, -0.25) is 4.79 Å². The maximum Gasteiger partial charge on any atom is 0.340 e. The van der Waals surface area contributed by atoms with Crippen LogP contribution in [0.3, 0.4) is 0 Å². The maximum absolute atomic E-state index is 12.9. The van der Waals surface area contributed by atoms with Crippen molar-refractivity contribution < 1.29 is 27.5 Å². The Hall–Kier alpha value is -1.39. The highest BCUT2D eigenvalue weighted by Gasteiger charge is 2.30. The number of halogens is 2. The number of carbonyl (C=O) groups is 2. The molecule has 11 heteroatoms. The first-order valence-corrected chi connectivity index (χ1v) is 11.5. The molecule has 160 valence electrons. The van der Waals surface area contributed by atoms with E-state index in [1.165, 1.54) is 10.4 Å². The van der Waals surface area contributed by atoms with Gasteiger partial charge in [0.2, 0.25) is 10.0 Å². The van der Waals surface area contributed by atoms with E-state index in [1.807, 2.05) is 0 Å². The molecule has 1 saturated heterocycles.